The summed E-state index contributed by atoms with van der Waals surface area (Å²) >= 11 is 0. The Morgan fingerprint density at radius 3 is 2.61 bits per heavy atom. The summed E-state index contributed by atoms with van der Waals surface area (Å²) < 4.78 is 37.0. The topological polar surface area (TPSA) is 59.2 Å². The number of aromatic nitrogens is 1. The molecule has 1 amide bonds. The third-order valence-corrected chi connectivity index (χ3v) is 2.14. The first-order valence-electron chi connectivity index (χ1n) is 5.42. The summed E-state index contributed by atoms with van der Waals surface area (Å²) in [5, 5.41) is 0. The Bertz CT molecular complexity index is 420. The van der Waals surface area contributed by atoms with Gasteiger partial charge < -0.3 is 10.6 Å². The third-order valence-electron chi connectivity index (χ3n) is 2.14. The average Bonchev–Trinajstić information content (AvgIpc) is 2.26. The van der Waals surface area contributed by atoms with Crippen LogP contribution in [0, 0.1) is 0 Å². The number of nitrogen functional groups attached to an aromatic ring is 1. The average molecular weight is 261 g/mol. The summed E-state index contributed by atoms with van der Waals surface area (Å²) in [6.45, 7) is 0.439. The van der Waals surface area contributed by atoms with Crippen molar-refractivity contribution in [3.63, 3.8) is 0 Å². The molecule has 1 rings (SSSR count). The highest BCUT2D eigenvalue weighted by molar-refractivity contribution is 5.92. The van der Waals surface area contributed by atoms with E-state index >= 15 is 0 Å². The molecule has 0 aliphatic heterocycles. The minimum atomic E-state index is -4.43. The van der Waals surface area contributed by atoms with E-state index in [-0.39, 0.29) is 18.1 Å². The van der Waals surface area contributed by atoms with Gasteiger partial charge in [-0.3, -0.25) is 4.79 Å². The number of carbonyl (C=O) groups is 1. The molecule has 1 aromatic heterocycles. The number of hydrogen-bond acceptors (Lipinski definition) is 3. The molecule has 0 aliphatic carbocycles. The molecule has 7 heteroatoms. The molecule has 0 aliphatic rings. The highest BCUT2D eigenvalue weighted by atomic mass is 19.4. The highest BCUT2D eigenvalue weighted by Crippen LogP contribution is 2.18. The second kappa shape index (κ2) is 5.70. The molecule has 0 aromatic carbocycles. The van der Waals surface area contributed by atoms with Crippen LogP contribution in [0.1, 0.15) is 23.8 Å². The molecule has 0 saturated carbocycles. The molecular weight excluding hydrogens is 247 g/mol. The SMILES string of the molecule is CCCN(CC(F)(F)F)C(=O)c1cccc(N)n1. The number of nitrogens with zero attached hydrogens (tertiary/aromatic N) is 2. The molecule has 0 unspecified atom stereocenters. The summed E-state index contributed by atoms with van der Waals surface area (Å²) in [7, 11) is 0. The highest BCUT2D eigenvalue weighted by Gasteiger charge is 2.33. The van der Waals surface area contributed by atoms with Gasteiger partial charge >= 0.3 is 6.18 Å². The number of halogens is 3. The molecule has 0 radical (unpaired) electrons. The summed E-state index contributed by atoms with van der Waals surface area (Å²) in [6, 6.07) is 4.29. The van der Waals surface area contributed by atoms with Crippen molar-refractivity contribution in [3.8, 4) is 0 Å². The van der Waals surface area contributed by atoms with E-state index in [0.29, 0.717) is 6.42 Å². The zero-order chi connectivity index (χ0) is 13.8. The largest absolute Gasteiger partial charge is 0.406 e. The Morgan fingerprint density at radius 1 is 1.44 bits per heavy atom. The van der Waals surface area contributed by atoms with E-state index in [2.05, 4.69) is 4.98 Å². The van der Waals surface area contributed by atoms with E-state index < -0.39 is 18.6 Å². The van der Waals surface area contributed by atoms with Gasteiger partial charge in [0.05, 0.1) is 0 Å². The smallest absolute Gasteiger partial charge is 0.384 e. The molecule has 18 heavy (non-hydrogen) atoms. The van der Waals surface area contributed by atoms with Crippen LogP contribution >= 0.6 is 0 Å². The molecule has 0 fully saturated rings. The molecule has 4 nitrogen and oxygen atoms in total. The number of anilines is 1. The number of pyridine rings is 1. The van der Waals surface area contributed by atoms with E-state index in [0.717, 1.165) is 4.90 Å². The minimum Gasteiger partial charge on any atom is -0.384 e. The lowest BCUT2D eigenvalue weighted by Crippen LogP contribution is -2.39. The number of hydrogen-bond donors (Lipinski definition) is 1. The van der Waals surface area contributed by atoms with Crippen LogP contribution in [0.15, 0.2) is 18.2 Å². The second-order valence-corrected chi connectivity index (χ2v) is 3.79. The van der Waals surface area contributed by atoms with Crippen molar-refractivity contribution in [2.45, 2.75) is 19.5 Å². The molecule has 100 valence electrons. The lowest BCUT2D eigenvalue weighted by Gasteiger charge is -2.23. The van der Waals surface area contributed by atoms with Crippen LogP contribution < -0.4 is 5.73 Å². The fourth-order valence-electron chi connectivity index (χ4n) is 1.47. The maximum atomic E-state index is 12.3. The molecule has 1 aromatic rings. The standard InChI is InChI=1S/C11H14F3N3O/c1-2-6-17(7-11(12,13)14)10(18)8-4-3-5-9(15)16-8/h3-5H,2,6-7H2,1H3,(H2,15,16). The van der Waals surface area contributed by atoms with Gasteiger partial charge in [-0.1, -0.05) is 13.0 Å². The maximum Gasteiger partial charge on any atom is 0.406 e. The number of carbonyl (C=O) groups excluding carboxylic acids is 1. The fraction of sp³-hybridized carbons (Fsp3) is 0.455. The van der Waals surface area contributed by atoms with Crippen LogP contribution in [0.3, 0.4) is 0 Å². The van der Waals surface area contributed by atoms with E-state index in [1.165, 1.54) is 18.2 Å². The number of rotatable bonds is 4. The Labute approximate surface area is 103 Å². The first-order chi connectivity index (χ1) is 8.33. The van der Waals surface area contributed by atoms with Crippen molar-refractivity contribution in [3.05, 3.63) is 23.9 Å². The van der Waals surface area contributed by atoms with Gasteiger partial charge in [-0.05, 0) is 18.6 Å². The molecular formula is C11H14F3N3O. The molecule has 0 bridgehead atoms. The maximum absolute atomic E-state index is 12.3. The first-order valence-corrected chi connectivity index (χ1v) is 5.42. The Balaban J connectivity index is 2.89. The molecule has 1 heterocycles. The molecule has 0 saturated heterocycles. The normalized spacial score (nSPS) is 11.3. The van der Waals surface area contributed by atoms with E-state index in [4.69, 9.17) is 5.73 Å². The summed E-state index contributed by atoms with van der Waals surface area (Å²) in [4.78, 5) is 16.3. The van der Waals surface area contributed by atoms with Crippen molar-refractivity contribution >= 4 is 11.7 Å². The summed E-state index contributed by atoms with van der Waals surface area (Å²) in [6.07, 6.45) is -3.99. The summed E-state index contributed by atoms with van der Waals surface area (Å²) in [5.41, 5.74) is 5.32. The van der Waals surface area contributed by atoms with Crippen molar-refractivity contribution in [2.75, 3.05) is 18.8 Å². The van der Waals surface area contributed by atoms with Gasteiger partial charge in [0.1, 0.15) is 18.1 Å². The van der Waals surface area contributed by atoms with Crippen LogP contribution in [0.4, 0.5) is 19.0 Å². The molecule has 2 N–H and O–H groups in total. The molecule has 0 spiro atoms. The third kappa shape index (κ3) is 4.23. The van der Waals surface area contributed by atoms with Gasteiger partial charge in [0.15, 0.2) is 0 Å². The van der Waals surface area contributed by atoms with Gasteiger partial charge in [-0.2, -0.15) is 13.2 Å². The summed E-state index contributed by atoms with van der Waals surface area (Å²) in [5.74, 6) is -0.661. The van der Waals surface area contributed by atoms with Crippen LogP contribution in [-0.4, -0.2) is 35.1 Å². The quantitative estimate of drug-likeness (QED) is 0.902. The Morgan fingerprint density at radius 2 is 2.11 bits per heavy atom. The fourth-order valence-corrected chi connectivity index (χ4v) is 1.47. The monoisotopic (exact) mass is 261 g/mol. The van der Waals surface area contributed by atoms with Gasteiger partial charge in [0, 0.05) is 6.54 Å². The van der Waals surface area contributed by atoms with Crippen LogP contribution in [0.2, 0.25) is 0 Å². The van der Waals surface area contributed by atoms with Crippen molar-refractivity contribution < 1.29 is 18.0 Å². The van der Waals surface area contributed by atoms with Gasteiger partial charge in [-0.25, -0.2) is 4.98 Å². The van der Waals surface area contributed by atoms with Gasteiger partial charge in [-0.15, -0.1) is 0 Å². The Hall–Kier alpha value is -1.79. The van der Waals surface area contributed by atoms with Crippen molar-refractivity contribution in [1.29, 1.82) is 0 Å². The number of nitrogens with two attached hydrogens (primary N) is 1. The van der Waals surface area contributed by atoms with E-state index in [9.17, 15) is 18.0 Å². The lowest BCUT2D eigenvalue weighted by molar-refractivity contribution is -0.140. The molecule has 0 atom stereocenters. The predicted molar refractivity (Wildman–Crippen MR) is 60.9 cm³/mol. The predicted octanol–water partition coefficient (Wildman–Crippen LogP) is 2.08. The van der Waals surface area contributed by atoms with Gasteiger partial charge in [0.25, 0.3) is 5.91 Å². The second-order valence-electron chi connectivity index (χ2n) is 3.79. The van der Waals surface area contributed by atoms with E-state index in [1.54, 1.807) is 6.92 Å². The minimum absolute atomic E-state index is 0.0226. The zero-order valence-corrected chi connectivity index (χ0v) is 9.87. The van der Waals surface area contributed by atoms with Gasteiger partial charge in [0.2, 0.25) is 0 Å². The van der Waals surface area contributed by atoms with Crippen molar-refractivity contribution in [1.82, 2.24) is 9.88 Å². The van der Waals surface area contributed by atoms with E-state index in [1.807, 2.05) is 0 Å². The Kier molecular flexibility index (Phi) is 4.52. The van der Waals surface area contributed by atoms with Crippen LogP contribution in [0.5, 0.6) is 0 Å². The zero-order valence-electron chi connectivity index (χ0n) is 9.87. The van der Waals surface area contributed by atoms with Crippen LogP contribution in [0.25, 0.3) is 0 Å². The first kappa shape index (κ1) is 14.3. The van der Waals surface area contributed by atoms with Crippen LogP contribution in [-0.2, 0) is 0 Å². The number of alkyl halides is 3. The lowest BCUT2D eigenvalue weighted by atomic mass is 10.3. The number of amides is 1. The van der Waals surface area contributed by atoms with Crippen molar-refractivity contribution in [2.24, 2.45) is 0 Å².